The SMILES string of the molecule is CCCNC(C)(CN(C)CCOC(C)C)C(N)=O. The smallest absolute Gasteiger partial charge is 0.238 e. The average molecular weight is 259 g/mol. The first-order valence-corrected chi connectivity index (χ1v) is 6.67. The van der Waals surface area contributed by atoms with Crippen molar-refractivity contribution in [3.8, 4) is 0 Å². The lowest BCUT2D eigenvalue weighted by molar-refractivity contribution is -0.124. The van der Waals surface area contributed by atoms with Gasteiger partial charge < -0.3 is 20.7 Å². The van der Waals surface area contributed by atoms with E-state index >= 15 is 0 Å². The quantitative estimate of drug-likeness (QED) is 0.602. The molecule has 0 aromatic rings. The van der Waals surface area contributed by atoms with Gasteiger partial charge in [-0.3, -0.25) is 4.79 Å². The summed E-state index contributed by atoms with van der Waals surface area (Å²) in [7, 11) is 1.97. The average Bonchev–Trinajstić information content (AvgIpc) is 2.25. The Morgan fingerprint density at radius 1 is 1.50 bits per heavy atom. The summed E-state index contributed by atoms with van der Waals surface area (Å²) in [5, 5.41) is 3.22. The van der Waals surface area contributed by atoms with Crippen LogP contribution in [0.15, 0.2) is 0 Å². The van der Waals surface area contributed by atoms with Crippen LogP contribution >= 0.6 is 0 Å². The Balaban J connectivity index is 4.18. The Morgan fingerprint density at radius 2 is 2.11 bits per heavy atom. The number of likely N-dealkylation sites (N-methyl/N-ethyl adjacent to an activating group) is 1. The topological polar surface area (TPSA) is 67.6 Å². The van der Waals surface area contributed by atoms with Gasteiger partial charge in [0.15, 0.2) is 0 Å². The van der Waals surface area contributed by atoms with Gasteiger partial charge in [0.25, 0.3) is 0 Å². The molecular weight excluding hydrogens is 230 g/mol. The van der Waals surface area contributed by atoms with Gasteiger partial charge in [0, 0.05) is 13.1 Å². The second-order valence-electron chi connectivity index (χ2n) is 5.28. The van der Waals surface area contributed by atoms with E-state index < -0.39 is 5.54 Å². The van der Waals surface area contributed by atoms with E-state index in [1.165, 1.54) is 0 Å². The second-order valence-corrected chi connectivity index (χ2v) is 5.28. The van der Waals surface area contributed by atoms with E-state index in [4.69, 9.17) is 10.5 Å². The fourth-order valence-electron chi connectivity index (χ4n) is 1.68. The Hall–Kier alpha value is -0.650. The van der Waals surface area contributed by atoms with Crippen LogP contribution in [0.1, 0.15) is 34.1 Å². The lowest BCUT2D eigenvalue weighted by atomic mass is 10.0. The number of rotatable bonds is 10. The lowest BCUT2D eigenvalue weighted by Gasteiger charge is -2.32. The summed E-state index contributed by atoms with van der Waals surface area (Å²) in [6.45, 7) is 10.8. The summed E-state index contributed by atoms with van der Waals surface area (Å²) in [6, 6.07) is 0. The molecule has 0 spiro atoms. The van der Waals surface area contributed by atoms with E-state index in [9.17, 15) is 4.79 Å². The standard InChI is InChI=1S/C13H29N3O2/c1-6-7-15-13(4,12(14)17)10-16(5)8-9-18-11(2)3/h11,15H,6-10H2,1-5H3,(H2,14,17). The van der Waals surface area contributed by atoms with Gasteiger partial charge in [0.1, 0.15) is 5.54 Å². The fourth-order valence-corrected chi connectivity index (χ4v) is 1.68. The Bertz CT molecular complexity index is 246. The number of nitrogens with one attached hydrogen (secondary N) is 1. The molecular formula is C13H29N3O2. The number of ether oxygens (including phenoxy) is 1. The maximum atomic E-state index is 11.5. The van der Waals surface area contributed by atoms with Crippen LogP contribution in [0.5, 0.6) is 0 Å². The molecule has 3 N–H and O–H groups in total. The number of hydrogen-bond acceptors (Lipinski definition) is 4. The van der Waals surface area contributed by atoms with Gasteiger partial charge in [-0.15, -0.1) is 0 Å². The monoisotopic (exact) mass is 259 g/mol. The first-order valence-electron chi connectivity index (χ1n) is 6.67. The van der Waals surface area contributed by atoms with Crippen LogP contribution in [-0.2, 0) is 9.53 Å². The molecule has 5 nitrogen and oxygen atoms in total. The van der Waals surface area contributed by atoms with E-state index in [-0.39, 0.29) is 12.0 Å². The van der Waals surface area contributed by atoms with Crippen LogP contribution in [-0.4, -0.2) is 55.7 Å². The highest BCUT2D eigenvalue weighted by Crippen LogP contribution is 2.05. The first kappa shape index (κ1) is 17.4. The number of carbonyl (C=O) groups excluding carboxylic acids is 1. The molecule has 5 heteroatoms. The molecule has 0 aliphatic heterocycles. The van der Waals surface area contributed by atoms with Crippen molar-refractivity contribution in [2.24, 2.45) is 5.73 Å². The fraction of sp³-hybridized carbons (Fsp3) is 0.923. The van der Waals surface area contributed by atoms with Crippen molar-refractivity contribution >= 4 is 5.91 Å². The predicted molar refractivity (Wildman–Crippen MR) is 74.5 cm³/mol. The summed E-state index contributed by atoms with van der Waals surface area (Å²) in [4.78, 5) is 13.6. The highest BCUT2D eigenvalue weighted by Gasteiger charge is 2.31. The largest absolute Gasteiger partial charge is 0.377 e. The summed E-state index contributed by atoms with van der Waals surface area (Å²) in [5.74, 6) is -0.312. The normalized spacial score (nSPS) is 15.1. The molecule has 0 saturated heterocycles. The van der Waals surface area contributed by atoms with Crippen molar-refractivity contribution < 1.29 is 9.53 Å². The van der Waals surface area contributed by atoms with Crippen LogP contribution in [0, 0.1) is 0 Å². The molecule has 0 aromatic carbocycles. The number of hydrogen-bond donors (Lipinski definition) is 2. The van der Waals surface area contributed by atoms with Crippen molar-refractivity contribution in [1.82, 2.24) is 10.2 Å². The minimum atomic E-state index is -0.678. The molecule has 0 radical (unpaired) electrons. The molecule has 0 bridgehead atoms. The van der Waals surface area contributed by atoms with Gasteiger partial charge in [0.05, 0.1) is 12.7 Å². The number of amides is 1. The van der Waals surface area contributed by atoms with Crippen LogP contribution in [0.25, 0.3) is 0 Å². The molecule has 0 saturated carbocycles. The molecule has 0 aliphatic rings. The third-order valence-electron chi connectivity index (χ3n) is 2.82. The zero-order valence-electron chi connectivity index (χ0n) is 12.5. The van der Waals surface area contributed by atoms with E-state index in [1.807, 2.05) is 27.8 Å². The summed E-state index contributed by atoms with van der Waals surface area (Å²) >= 11 is 0. The molecule has 0 aliphatic carbocycles. The van der Waals surface area contributed by atoms with Gasteiger partial charge in [-0.25, -0.2) is 0 Å². The third kappa shape index (κ3) is 6.93. The van der Waals surface area contributed by atoms with Gasteiger partial charge in [-0.2, -0.15) is 0 Å². The Morgan fingerprint density at radius 3 is 2.56 bits per heavy atom. The third-order valence-corrected chi connectivity index (χ3v) is 2.82. The molecule has 0 heterocycles. The van der Waals surface area contributed by atoms with Crippen molar-refractivity contribution in [1.29, 1.82) is 0 Å². The highest BCUT2D eigenvalue weighted by molar-refractivity contribution is 5.84. The highest BCUT2D eigenvalue weighted by atomic mass is 16.5. The van der Waals surface area contributed by atoms with E-state index in [2.05, 4.69) is 17.1 Å². The molecule has 1 unspecified atom stereocenters. The molecule has 1 amide bonds. The van der Waals surface area contributed by atoms with Gasteiger partial charge >= 0.3 is 0 Å². The first-order chi connectivity index (χ1) is 8.31. The molecule has 0 rings (SSSR count). The van der Waals surface area contributed by atoms with Crippen LogP contribution in [0.3, 0.4) is 0 Å². The number of nitrogens with zero attached hydrogens (tertiary/aromatic N) is 1. The predicted octanol–water partition coefficient (Wildman–Crippen LogP) is 0.587. The lowest BCUT2D eigenvalue weighted by Crippen LogP contribution is -2.59. The van der Waals surface area contributed by atoms with Crippen molar-refractivity contribution in [2.45, 2.75) is 45.8 Å². The van der Waals surface area contributed by atoms with Gasteiger partial charge in [-0.1, -0.05) is 6.92 Å². The van der Waals surface area contributed by atoms with Gasteiger partial charge in [0.2, 0.25) is 5.91 Å². The molecule has 0 fully saturated rings. The van der Waals surface area contributed by atoms with Crippen molar-refractivity contribution in [2.75, 3.05) is 33.3 Å². The molecule has 108 valence electrons. The minimum Gasteiger partial charge on any atom is -0.377 e. The summed E-state index contributed by atoms with van der Waals surface area (Å²) in [5.41, 5.74) is 4.80. The van der Waals surface area contributed by atoms with Crippen molar-refractivity contribution in [3.05, 3.63) is 0 Å². The zero-order valence-corrected chi connectivity index (χ0v) is 12.5. The maximum Gasteiger partial charge on any atom is 0.238 e. The second kappa shape index (κ2) is 8.45. The summed E-state index contributed by atoms with van der Waals surface area (Å²) in [6.07, 6.45) is 1.21. The Kier molecular flexibility index (Phi) is 8.15. The molecule has 18 heavy (non-hydrogen) atoms. The summed E-state index contributed by atoms with van der Waals surface area (Å²) < 4.78 is 5.49. The van der Waals surface area contributed by atoms with Crippen molar-refractivity contribution in [3.63, 3.8) is 0 Å². The van der Waals surface area contributed by atoms with E-state index in [0.717, 1.165) is 19.5 Å². The Labute approximate surface area is 111 Å². The van der Waals surface area contributed by atoms with Crippen LogP contribution in [0.4, 0.5) is 0 Å². The van der Waals surface area contributed by atoms with Crippen LogP contribution in [0.2, 0.25) is 0 Å². The number of carbonyl (C=O) groups is 1. The minimum absolute atomic E-state index is 0.235. The van der Waals surface area contributed by atoms with E-state index in [1.54, 1.807) is 0 Å². The van der Waals surface area contributed by atoms with Crippen LogP contribution < -0.4 is 11.1 Å². The molecule has 0 aromatic heterocycles. The number of nitrogens with two attached hydrogens (primary N) is 1. The zero-order chi connectivity index (χ0) is 14.2. The molecule has 1 atom stereocenters. The maximum absolute atomic E-state index is 11.5. The number of primary amides is 1. The van der Waals surface area contributed by atoms with E-state index in [0.29, 0.717) is 13.2 Å². The van der Waals surface area contributed by atoms with Gasteiger partial charge in [-0.05, 0) is 40.8 Å².